The van der Waals surface area contributed by atoms with Gasteiger partial charge in [-0.2, -0.15) is 0 Å². The number of aromatic amines is 1. The molecule has 0 atom stereocenters. The third kappa shape index (κ3) is 1.54. The Morgan fingerprint density at radius 1 is 0.947 bits per heavy atom. The summed E-state index contributed by atoms with van der Waals surface area (Å²) in [5, 5.41) is 4.27. The molecule has 0 aliphatic rings. The van der Waals surface area contributed by atoms with E-state index in [9.17, 15) is 0 Å². The van der Waals surface area contributed by atoms with E-state index in [1.54, 1.807) is 0 Å². The van der Waals surface area contributed by atoms with Crippen LogP contribution in [0.5, 0.6) is 0 Å². The van der Waals surface area contributed by atoms with E-state index in [2.05, 4.69) is 9.97 Å². The Morgan fingerprint density at radius 2 is 1.79 bits per heavy atom. The van der Waals surface area contributed by atoms with Crippen LogP contribution in [0.25, 0.3) is 32.8 Å². The predicted molar refractivity (Wildman–Crippen MR) is 81.1 cm³/mol. The van der Waals surface area contributed by atoms with Crippen molar-refractivity contribution >= 4 is 56.0 Å². The fraction of sp³-hybridized carbons (Fsp3) is 0. The van der Waals surface area contributed by atoms with Gasteiger partial charge in [0.05, 0.1) is 10.5 Å². The molecule has 4 aromatic rings. The molecule has 0 spiro atoms. The molecule has 0 bridgehead atoms. The molecule has 4 rings (SSSR count). The first-order valence-electron chi connectivity index (χ1n) is 5.89. The minimum Gasteiger partial charge on any atom is -0.339 e. The Kier molecular flexibility index (Phi) is 2.25. The van der Waals surface area contributed by atoms with Gasteiger partial charge in [0.1, 0.15) is 5.65 Å². The number of nitrogens with one attached hydrogen (secondary N) is 1. The molecule has 4 heteroatoms. The summed E-state index contributed by atoms with van der Waals surface area (Å²) in [4.78, 5) is 7.92. The third-order valence-corrected chi connectivity index (χ3v) is 3.96. The minimum atomic E-state index is 0.662. The lowest BCUT2D eigenvalue weighted by atomic mass is 10.1. The van der Waals surface area contributed by atoms with Gasteiger partial charge in [0.25, 0.3) is 0 Å². The van der Waals surface area contributed by atoms with Crippen molar-refractivity contribution in [3.8, 4) is 0 Å². The fourth-order valence-electron chi connectivity index (χ4n) is 2.47. The molecule has 1 N–H and O–H groups in total. The first-order chi connectivity index (χ1) is 9.24. The van der Waals surface area contributed by atoms with Gasteiger partial charge in [-0.25, -0.2) is 4.98 Å². The third-order valence-electron chi connectivity index (χ3n) is 3.33. The molecule has 0 amide bonds. The first kappa shape index (κ1) is 11.1. The fourth-order valence-corrected chi connectivity index (χ4v) is 2.99. The van der Waals surface area contributed by atoms with Crippen LogP contribution in [0.1, 0.15) is 0 Å². The van der Waals surface area contributed by atoms with Crippen molar-refractivity contribution in [2.75, 3.05) is 0 Å². The molecular formula is C15H8Cl2N2. The van der Waals surface area contributed by atoms with Crippen LogP contribution in [0, 0.1) is 0 Å². The number of para-hydroxylation sites is 1. The average molecular weight is 287 g/mol. The summed E-state index contributed by atoms with van der Waals surface area (Å²) in [6.45, 7) is 0. The van der Waals surface area contributed by atoms with E-state index in [0.717, 1.165) is 32.8 Å². The zero-order valence-corrected chi connectivity index (χ0v) is 11.3. The lowest BCUT2D eigenvalue weighted by Gasteiger charge is -2.02. The number of pyridine rings is 1. The largest absolute Gasteiger partial charge is 0.339 e. The highest BCUT2D eigenvalue weighted by atomic mass is 35.5. The highest BCUT2D eigenvalue weighted by Gasteiger charge is 2.12. The van der Waals surface area contributed by atoms with Gasteiger partial charge in [-0.05, 0) is 24.3 Å². The first-order valence-corrected chi connectivity index (χ1v) is 6.65. The summed E-state index contributed by atoms with van der Waals surface area (Å²) >= 11 is 12.6. The van der Waals surface area contributed by atoms with Crippen molar-refractivity contribution in [2.24, 2.45) is 0 Å². The van der Waals surface area contributed by atoms with Crippen LogP contribution in [0.2, 0.25) is 10.0 Å². The molecule has 0 saturated carbocycles. The van der Waals surface area contributed by atoms with Gasteiger partial charge in [-0.15, -0.1) is 0 Å². The van der Waals surface area contributed by atoms with Crippen molar-refractivity contribution in [1.82, 2.24) is 9.97 Å². The normalized spacial score (nSPS) is 11.7. The van der Waals surface area contributed by atoms with Gasteiger partial charge in [0, 0.05) is 26.7 Å². The second kappa shape index (κ2) is 3.86. The Labute approximate surface area is 119 Å². The molecule has 92 valence electrons. The predicted octanol–water partition coefficient (Wildman–Crippen LogP) is 5.18. The number of hydrogen-bond donors (Lipinski definition) is 1. The second-order valence-electron chi connectivity index (χ2n) is 4.48. The maximum Gasteiger partial charge on any atom is 0.140 e. The zero-order chi connectivity index (χ0) is 13.0. The number of H-pyrrole nitrogens is 1. The van der Waals surface area contributed by atoms with E-state index >= 15 is 0 Å². The van der Waals surface area contributed by atoms with E-state index < -0.39 is 0 Å². The molecule has 2 nitrogen and oxygen atoms in total. The Balaban J connectivity index is 2.31. The monoisotopic (exact) mass is 286 g/mol. The van der Waals surface area contributed by atoms with Gasteiger partial charge >= 0.3 is 0 Å². The van der Waals surface area contributed by atoms with E-state index in [0.29, 0.717) is 10.0 Å². The number of halogens is 2. The van der Waals surface area contributed by atoms with E-state index in [-0.39, 0.29) is 0 Å². The quantitative estimate of drug-likeness (QED) is 0.474. The number of fused-ring (bicyclic) bond motifs is 4. The minimum absolute atomic E-state index is 0.662. The molecule has 0 fully saturated rings. The summed E-state index contributed by atoms with van der Waals surface area (Å²) in [7, 11) is 0. The van der Waals surface area contributed by atoms with Crippen molar-refractivity contribution in [3.05, 3.63) is 52.5 Å². The molecule has 2 aromatic carbocycles. The number of nitrogens with zero attached hydrogens (tertiary/aromatic N) is 1. The molecular weight excluding hydrogens is 279 g/mol. The summed E-state index contributed by atoms with van der Waals surface area (Å²) in [5.74, 6) is 0. The van der Waals surface area contributed by atoms with E-state index in [1.165, 1.54) is 0 Å². The van der Waals surface area contributed by atoms with Crippen LogP contribution in [0.4, 0.5) is 0 Å². The molecule has 0 unspecified atom stereocenters. The van der Waals surface area contributed by atoms with Crippen molar-refractivity contribution in [2.45, 2.75) is 0 Å². The lowest BCUT2D eigenvalue weighted by Crippen LogP contribution is -1.83. The SMILES string of the molecule is Clc1ccc2nc3[nH]c4ccccc4c3c(Cl)c2c1. The van der Waals surface area contributed by atoms with Crippen LogP contribution < -0.4 is 0 Å². The Morgan fingerprint density at radius 3 is 2.68 bits per heavy atom. The van der Waals surface area contributed by atoms with Crippen molar-refractivity contribution in [3.63, 3.8) is 0 Å². The highest BCUT2D eigenvalue weighted by molar-refractivity contribution is 6.43. The summed E-state index contributed by atoms with van der Waals surface area (Å²) in [6.07, 6.45) is 0. The maximum absolute atomic E-state index is 6.55. The zero-order valence-electron chi connectivity index (χ0n) is 9.74. The summed E-state index contributed by atoms with van der Waals surface area (Å²) in [6, 6.07) is 13.6. The van der Waals surface area contributed by atoms with Crippen LogP contribution >= 0.6 is 23.2 Å². The van der Waals surface area contributed by atoms with Gasteiger partial charge in [0.15, 0.2) is 0 Å². The Hall–Kier alpha value is -1.77. The molecule has 2 aromatic heterocycles. The number of aromatic nitrogens is 2. The molecule has 0 saturated heterocycles. The smallest absolute Gasteiger partial charge is 0.140 e. The second-order valence-corrected chi connectivity index (χ2v) is 5.30. The van der Waals surface area contributed by atoms with Crippen LogP contribution in [0.3, 0.4) is 0 Å². The molecule has 0 aliphatic carbocycles. The van der Waals surface area contributed by atoms with E-state index in [4.69, 9.17) is 23.2 Å². The topological polar surface area (TPSA) is 28.7 Å². The molecule has 0 radical (unpaired) electrons. The lowest BCUT2D eigenvalue weighted by molar-refractivity contribution is 1.40. The molecule has 19 heavy (non-hydrogen) atoms. The van der Waals surface area contributed by atoms with Gasteiger partial charge in [-0.1, -0.05) is 41.4 Å². The summed E-state index contributed by atoms with van der Waals surface area (Å²) in [5.41, 5.74) is 2.68. The average Bonchev–Trinajstić information content (AvgIpc) is 2.78. The molecule has 2 heterocycles. The van der Waals surface area contributed by atoms with Crippen LogP contribution in [-0.2, 0) is 0 Å². The van der Waals surface area contributed by atoms with Crippen LogP contribution in [-0.4, -0.2) is 9.97 Å². The number of rotatable bonds is 0. The standard InChI is InChI=1S/C15H8Cl2N2/c16-8-5-6-12-10(7-8)14(17)13-9-3-1-2-4-11(9)18-15(13)19-12/h1-7H,(H,18,19). The van der Waals surface area contributed by atoms with Gasteiger partial charge in [0.2, 0.25) is 0 Å². The number of hydrogen-bond acceptors (Lipinski definition) is 1. The van der Waals surface area contributed by atoms with E-state index in [1.807, 2.05) is 42.5 Å². The summed E-state index contributed by atoms with van der Waals surface area (Å²) < 4.78 is 0. The maximum atomic E-state index is 6.55. The van der Waals surface area contributed by atoms with Crippen molar-refractivity contribution in [1.29, 1.82) is 0 Å². The molecule has 0 aliphatic heterocycles. The van der Waals surface area contributed by atoms with Gasteiger partial charge in [-0.3, -0.25) is 0 Å². The Bertz CT molecular complexity index is 941. The number of benzene rings is 2. The van der Waals surface area contributed by atoms with Gasteiger partial charge < -0.3 is 4.98 Å². The van der Waals surface area contributed by atoms with Crippen molar-refractivity contribution < 1.29 is 0 Å². The highest BCUT2D eigenvalue weighted by Crippen LogP contribution is 2.36. The van der Waals surface area contributed by atoms with Crippen LogP contribution in [0.15, 0.2) is 42.5 Å².